The van der Waals surface area contributed by atoms with Crippen LogP contribution >= 0.6 is 0 Å². The molecule has 2 aromatic carbocycles. The molecular weight excluding hydrogens is 226 g/mol. The topological polar surface area (TPSA) is 61.1 Å². The number of nitriles is 1. The van der Waals surface area contributed by atoms with Gasteiger partial charge in [-0.1, -0.05) is 24.0 Å². The quantitative estimate of drug-likeness (QED) is 0.773. The van der Waals surface area contributed by atoms with E-state index in [1.54, 1.807) is 18.2 Å². The molecule has 2 rings (SSSR count). The zero-order valence-corrected chi connectivity index (χ0v) is 9.47. The predicted molar refractivity (Wildman–Crippen MR) is 68.0 cm³/mol. The van der Waals surface area contributed by atoms with Gasteiger partial charge in [0.25, 0.3) is 0 Å². The lowest BCUT2D eigenvalue weighted by atomic mass is 10.0. The highest BCUT2D eigenvalue weighted by molar-refractivity contribution is 5.94. The van der Waals surface area contributed by atoms with Gasteiger partial charge in [-0.15, -0.1) is 0 Å². The van der Waals surface area contributed by atoms with Crippen molar-refractivity contribution in [3.63, 3.8) is 0 Å². The fraction of sp³-hybridized carbons (Fsp3) is 0.0667. The Balaban J connectivity index is 2.43. The molecule has 3 nitrogen and oxygen atoms in total. The number of carboxylic acids is 1. The van der Waals surface area contributed by atoms with Crippen LogP contribution in [0.3, 0.4) is 0 Å². The number of carbonyl (C=O) groups is 1. The summed E-state index contributed by atoms with van der Waals surface area (Å²) >= 11 is 0. The standard InChI is InChI=1S/C15H9NO2/c16-8-2-1-3-11-4-5-13-10-14(15(17)18)7-6-12(13)9-11/h4-7,9-10H,2H2,(H,17,18). The Hall–Kier alpha value is -2.78. The Kier molecular flexibility index (Phi) is 3.27. The summed E-state index contributed by atoms with van der Waals surface area (Å²) < 4.78 is 0. The number of benzene rings is 2. The van der Waals surface area contributed by atoms with Crippen molar-refractivity contribution in [2.24, 2.45) is 0 Å². The molecule has 86 valence electrons. The van der Waals surface area contributed by atoms with Crippen LogP contribution < -0.4 is 0 Å². The Morgan fingerprint density at radius 1 is 1.17 bits per heavy atom. The molecule has 0 saturated heterocycles. The first-order valence-electron chi connectivity index (χ1n) is 5.33. The fourth-order valence-corrected chi connectivity index (χ4v) is 1.64. The monoisotopic (exact) mass is 235 g/mol. The van der Waals surface area contributed by atoms with E-state index < -0.39 is 5.97 Å². The number of carboxylic acid groups (broad SMARTS) is 1. The van der Waals surface area contributed by atoms with Gasteiger partial charge in [0.2, 0.25) is 0 Å². The summed E-state index contributed by atoms with van der Waals surface area (Å²) in [6.07, 6.45) is 0.204. The molecule has 0 atom stereocenters. The van der Waals surface area contributed by atoms with E-state index in [-0.39, 0.29) is 12.0 Å². The van der Waals surface area contributed by atoms with Crippen LogP contribution in [0.1, 0.15) is 22.3 Å². The maximum atomic E-state index is 10.8. The molecule has 0 aliphatic rings. The molecule has 0 amide bonds. The molecule has 0 fully saturated rings. The Bertz CT molecular complexity index is 715. The summed E-state index contributed by atoms with van der Waals surface area (Å²) in [4.78, 5) is 10.8. The average molecular weight is 235 g/mol. The molecule has 0 radical (unpaired) electrons. The maximum Gasteiger partial charge on any atom is 0.335 e. The molecule has 0 heterocycles. The number of hydrogen-bond acceptors (Lipinski definition) is 2. The van der Waals surface area contributed by atoms with E-state index in [1.807, 2.05) is 24.3 Å². The van der Waals surface area contributed by atoms with E-state index in [0.29, 0.717) is 0 Å². The molecule has 0 saturated carbocycles. The van der Waals surface area contributed by atoms with Crippen molar-refractivity contribution in [3.8, 4) is 17.9 Å². The summed E-state index contributed by atoms with van der Waals surface area (Å²) in [6, 6.07) is 12.4. The molecule has 0 aromatic heterocycles. The first-order chi connectivity index (χ1) is 8.70. The minimum atomic E-state index is -0.935. The molecule has 0 bridgehead atoms. The first-order valence-corrected chi connectivity index (χ1v) is 5.33. The van der Waals surface area contributed by atoms with E-state index in [9.17, 15) is 4.79 Å². The van der Waals surface area contributed by atoms with Crippen LogP contribution in [0.5, 0.6) is 0 Å². The summed E-state index contributed by atoms with van der Waals surface area (Å²) in [6.45, 7) is 0. The minimum Gasteiger partial charge on any atom is -0.478 e. The van der Waals surface area contributed by atoms with Crippen molar-refractivity contribution >= 4 is 16.7 Å². The van der Waals surface area contributed by atoms with Gasteiger partial charge in [0.05, 0.1) is 18.1 Å². The van der Waals surface area contributed by atoms with E-state index >= 15 is 0 Å². The van der Waals surface area contributed by atoms with E-state index in [1.165, 1.54) is 0 Å². The van der Waals surface area contributed by atoms with E-state index in [0.717, 1.165) is 16.3 Å². The lowest BCUT2D eigenvalue weighted by Gasteiger charge is -2.00. The summed E-state index contributed by atoms with van der Waals surface area (Å²) in [7, 11) is 0. The molecular formula is C15H9NO2. The molecule has 3 heteroatoms. The molecule has 0 spiro atoms. The average Bonchev–Trinajstić information content (AvgIpc) is 2.38. The second-order valence-corrected chi connectivity index (χ2v) is 3.72. The zero-order valence-electron chi connectivity index (χ0n) is 9.47. The van der Waals surface area contributed by atoms with Crippen molar-refractivity contribution in [3.05, 3.63) is 47.5 Å². The molecule has 0 unspecified atom stereocenters. The Morgan fingerprint density at radius 3 is 2.61 bits per heavy atom. The summed E-state index contributed by atoms with van der Waals surface area (Å²) in [5, 5.41) is 19.1. The van der Waals surface area contributed by atoms with Gasteiger partial charge in [-0.3, -0.25) is 0 Å². The van der Waals surface area contributed by atoms with Crippen molar-refractivity contribution in [2.75, 3.05) is 0 Å². The SMILES string of the molecule is N#CCC#Cc1ccc2cc(C(=O)O)ccc2c1. The Morgan fingerprint density at radius 2 is 1.89 bits per heavy atom. The lowest BCUT2D eigenvalue weighted by Crippen LogP contribution is -1.95. The van der Waals surface area contributed by atoms with Crippen molar-refractivity contribution < 1.29 is 9.90 Å². The maximum absolute atomic E-state index is 10.8. The second-order valence-electron chi connectivity index (χ2n) is 3.72. The normalized spacial score (nSPS) is 9.28. The van der Waals surface area contributed by atoms with Gasteiger partial charge in [-0.25, -0.2) is 4.79 Å². The highest BCUT2D eigenvalue weighted by atomic mass is 16.4. The highest BCUT2D eigenvalue weighted by Gasteiger charge is 2.03. The van der Waals surface area contributed by atoms with Crippen LogP contribution in [0.15, 0.2) is 36.4 Å². The molecule has 2 aromatic rings. The van der Waals surface area contributed by atoms with Gasteiger partial charge < -0.3 is 5.11 Å². The van der Waals surface area contributed by atoms with Crippen LogP contribution in [-0.4, -0.2) is 11.1 Å². The third-order valence-corrected chi connectivity index (χ3v) is 2.49. The van der Waals surface area contributed by atoms with Crippen LogP contribution in [0.4, 0.5) is 0 Å². The van der Waals surface area contributed by atoms with Crippen LogP contribution in [0.2, 0.25) is 0 Å². The molecule has 0 aliphatic carbocycles. The van der Waals surface area contributed by atoms with Gasteiger partial charge in [0, 0.05) is 5.56 Å². The largest absolute Gasteiger partial charge is 0.478 e. The number of aromatic carboxylic acids is 1. The molecule has 0 aliphatic heterocycles. The van der Waals surface area contributed by atoms with Gasteiger partial charge >= 0.3 is 5.97 Å². The summed E-state index contributed by atoms with van der Waals surface area (Å²) in [5.41, 5.74) is 1.09. The number of hydrogen-bond donors (Lipinski definition) is 1. The zero-order chi connectivity index (χ0) is 13.0. The Labute approximate surface area is 104 Å². The molecule has 18 heavy (non-hydrogen) atoms. The molecule has 1 N–H and O–H groups in total. The third kappa shape index (κ3) is 2.48. The first kappa shape index (κ1) is 11.7. The van der Waals surface area contributed by atoms with Gasteiger partial charge in [0.15, 0.2) is 0 Å². The van der Waals surface area contributed by atoms with Crippen molar-refractivity contribution in [1.82, 2.24) is 0 Å². The van der Waals surface area contributed by atoms with Gasteiger partial charge in [0.1, 0.15) is 0 Å². The van der Waals surface area contributed by atoms with Crippen LogP contribution in [-0.2, 0) is 0 Å². The fourth-order valence-electron chi connectivity index (χ4n) is 1.64. The van der Waals surface area contributed by atoms with Gasteiger partial charge in [-0.2, -0.15) is 5.26 Å². The number of rotatable bonds is 1. The van der Waals surface area contributed by atoms with Crippen LogP contribution in [0.25, 0.3) is 10.8 Å². The highest BCUT2D eigenvalue weighted by Crippen LogP contribution is 2.17. The smallest absolute Gasteiger partial charge is 0.335 e. The summed E-state index contributed by atoms with van der Waals surface area (Å²) in [5.74, 6) is 4.69. The predicted octanol–water partition coefficient (Wildman–Crippen LogP) is 2.80. The van der Waals surface area contributed by atoms with Crippen LogP contribution in [0, 0.1) is 23.2 Å². The number of fused-ring (bicyclic) bond motifs is 1. The number of nitrogens with zero attached hydrogens (tertiary/aromatic N) is 1. The minimum absolute atomic E-state index is 0.204. The lowest BCUT2D eigenvalue weighted by molar-refractivity contribution is 0.0697. The van der Waals surface area contributed by atoms with Crippen molar-refractivity contribution in [1.29, 1.82) is 5.26 Å². The van der Waals surface area contributed by atoms with E-state index in [4.69, 9.17) is 10.4 Å². The van der Waals surface area contributed by atoms with Crippen molar-refractivity contribution in [2.45, 2.75) is 6.42 Å². The van der Waals surface area contributed by atoms with E-state index in [2.05, 4.69) is 11.8 Å². The third-order valence-electron chi connectivity index (χ3n) is 2.49. The van der Waals surface area contributed by atoms with Gasteiger partial charge in [-0.05, 0) is 35.0 Å². The second kappa shape index (κ2) is 5.03.